The van der Waals surface area contributed by atoms with E-state index in [-0.39, 0.29) is 30.4 Å². The van der Waals surface area contributed by atoms with Gasteiger partial charge in [0.15, 0.2) is 0 Å². The Labute approximate surface area is 152 Å². The van der Waals surface area contributed by atoms with Gasteiger partial charge < -0.3 is 14.9 Å². The van der Waals surface area contributed by atoms with Gasteiger partial charge in [0.1, 0.15) is 18.1 Å². The lowest BCUT2D eigenvalue weighted by Crippen LogP contribution is -2.40. The first kappa shape index (κ1) is 19.8. The number of aliphatic hydroxyl groups is 2. The van der Waals surface area contributed by atoms with E-state index in [4.69, 9.17) is 9.84 Å². The summed E-state index contributed by atoms with van der Waals surface area (Å²) in [5, 5.41) is 19.1. The second-order valence-corrected chi connectivity index (χ2v) is 8.07. The van der Waals surface area contributed by atoms with Crippen LogP contribution in [-0.2, 0) is 12.0 Å². The number of piperidine rings is 1. The molecule has 0 spiro atoms. The Morgan fingerprint density at radius 2 is 2.04 bits per heavy atom. The molecule has 1 heterocycles. The van der Waals surface area contributed by atoms with E-state index in [1.165, 1.54) is 11.1 Å². The molecule has 2 rings (SSSR count). The van der Waals surface area contributed by atoms with E-state index in [0.29, 0.717) is 0 Å². The van der Waals surface area contributed by atoms with Crippen LogP contribution in [0.1, 0.15) is 56.7 Å². The molecule has 25 heavy (non-hydrogen) atoms. The highest BCUT2D eigenvalue weighted by Gasteiger charge is 2.26. The van der Waals surface area contributed by atoms with Crippen molar-refractivity contribution in [2.45, 2.75) is 65.0 Å². The third kappa shape index (κ3) is 4.99. The lowest BCUT2D eigenvalue weighted by Gasteiger charge is -2.35. The van der Waals surface area contributed by atoms with Crippen LogP contribution in [0.15, 0.2) is 24.5 Å². The second-order valence-electron chi connectivity index (χ2n) is 8.07. The van der Waals surface area contributed by atoms with Crippen molar-refractivity contribution in [2.24, 2.45) is 0 Å². The van der Waals surface area contributed by atoms with Crippen LogP contribution in [0.3, 0.4) is 0 Å². The summed E-state index contributed by atoms with van der Waals surface area (Å²) in [6.07, 6.45) is 3.20. The zero-order valence-corrected chi connectivity index (χ0v) is 16.1. The number of hydrogen-bond donors (Lipinski definition) is 2. The van der Waals surface area contributed by atoms with Gasteiger partial charge in [-0.15, -0.1) is 0 Å². The van der Waals surface area contributed by atoms with Crippen LogP contribution in [0.2, 0.25) is 0 Å². The summed E-state index contributed by atoms with van der Waals surface area (Å²) < 4.78 is 5.85. The third-order valence-corrected chi connectivity index (χ3v) is 4.94. The first-order valence-corrected chi connectivity index (χ1v) is 9.23. The van der Waals surface area contributed by atoms with Gasteiger partial charge in [0.05, 0.1) is 12.6 Å². The first-order chi connectivity index (χ1) is 11.7. The number of nitrogens with zero attached hydrogens (tertiary/aromatic N) is 1. The third-order valence-electron chi connectivity index (χ3n) is 4.94. The minimum Gasteiger partial charge on any atom is -0.511 e. The van der Waals surface area contributed by atoms with Gasteiger partial charge in [0.25, 0.3) is 0 Å². The lowest BCUT2D eigenvalue weighted by molar-refractivity contribution is 0.126. The zero-order valence-electron chi connectivity index (χ0n) is 16.1. The summed E-state index contributed by atoms with van der Waals surface area (Å²) in [5.74, 6) is 1.08. The highest BCUT2D eigenvalue weighted by molar-refractivity contribution is 5.45. The number of rotatable bonds is 6. The molecule has 0 saturated carbocycles. The second kappa shape index (κ2) is 8.24. The van der Waals surface area contributed by atoms with Crippen LogP contribution in [0.5, 0.6) is 5.75 Å². The Kier molecular flexibility index (Phi) is 6.53. The van der Waals surface area contributed by atoms with E-state index in [2.05, 4.69) is 51.3 Å². The van der Waals surface area contributed by atoms with Crippen LogP contribution in [0.4, 0.5) is 0 Å². The van der Waals surface area contributed by atoms with Crippen molar-refractivity contribution in [3.63, 3.8) is 0 Å². The van der Waals surface area contributed by atoms with Gasteiger partial charge in [-0.25, -0.2) is 0 Å². The van der Waals surface area contributed by atoms with E-state index in [9.17, 15) is 5.11 Å². The van der Waals surface area contributed by atoms with Crippen molar-refractivity contribution in [1.82, 2.24) is 4.90 Å². The van der Waals surface area contributed by atoms with Gasteiger partial charge in [-0.3, -0.25) is 4.90 Å². The summed E-state index contributed by atoms with van der Waals surface area (Å²) >= 11 is 0. The quantitative estimate of drug-likeness (QED) is 0.761. The normalized spacial score (nSPS) is 19.0. The maximum absolute atomic E-state index is 9.94. The molecule has 0 bridgehead atoms. The monoisotopic (exact) mass is 347 g/mol. The van der Waals surface area contributed by atoms with E-state index in [0.717, 1.165) is 43.7 Å². The fourth-order valence-electron chi connectivity index (χ4n) is 3.75. The number of likely N-dealkylation sites (tertiary alicyclic amines) is 1. The van der Waals surface area contributed by atoms with Crippen LogP contribution in [-0.4, -0.2) is 40.9 Å². The summed E-state index contributed by atoms with van der Waals surface area (Å²) in [6, 6.07) is 4.33. The topological polar surface area (TPSA) is 52.9 Å². The van der Waals surface area contributed by atoms with Gasteiger partial charge in [-0.2, -0.15) is 0 Å². The molecular formula is C21H33NO3. The van der Waals surface area contributed by atoms with Crippen molar-refractivity contribution in [3.05, 3.63) is 41.2 Å². The molecule has 1 aliphatic heterocycles. The Balaban J connectivity index is 2.34. The molecule has 4 nitrogen and oxygen atoms in total. The average Bonchev–Trinajstić information content (AvgIpc) is 2.53. The Hall–Kier alpha value is -1.52. The zero-order chi connectivity index (χ0) is 18.6. The fraction of sp³-hybridized carbons (Fsp3) is 0.619. The van der Waals surface area contributed by atoms with E-state index in [1.807, 2.05) is 0 Å². The van der Waals surface area contributed by atoms with Crippen LogP contribution in [0, 0.1) is 6.92 Å². The Bertz CT molecular complexity index is 604. The molecule has 140 valence electrons. The van der Waals surface area contributed by atoms with Crippen molar-refractivity contribution in [2.75, 3.05) is 19.8 Å². The van der Waals surface area contributed by atoms with Crippen molar-refractivity contribution in [3.8, 4) is 5.75 Å². The predicted molar refractivity (Wildman–Crippen MR) is 102 cm³/mol. The van der Waals surface area contributed by atoms with Crippen LogP contribution < -0.4 is 4.74 Å². The molecule has 1 saturated heterocycles. The summed E-state index contributed by atoms with van der Waals surface area (Å²) in [5.41, 5.74) is 3.64. The molecule has 0 aromatic heterocycles. The predicted octanol–water partition coefficient (Wildman–Crippen LogP) is 4.09. The van der Waals surface area contributed by atoms with Gasteiger partial charge in [-0.1, -0.05) is 39.8 Å². The SMILES string of the molecule is C=C(O)[C@@H]1CCCCN1Cc1cc(C)c(C(C)(C)C)cc1OCCO. The number of aliphatic hydroxyl groups excluding tert-OH is 2. The van der Waals surface area contributed by atoms with Crippen molar-refractivity contribution < 1.29 is 14.9 Å². The van der Waals surface area contributed by atoms with E-state index in [1.54, 1.807) is 0 Å². The molecule has 2 N–H and O–H groups in total. The largest absolute Gasteiger partial charge is 0.511 e. The Morgan fingerprint density at radius 1 is 1.32 bits per heavy atom. The summed E-state index contributed by atoms with van der Waals surface area (Å²) in [4.78, 5) is 2.28. The highest BCUT2D eigenvalue weighted by Crippen LogP contribution is 2.34. The molecule has 4 heteroatoms. The molecular weight excluding hydrogens is 314 g/mol. The van der Waals surface area contributed by atoms with Gasteiger partial charge in [-0.05, 0) is 48.9 Å². The van der Waals surface area contributed by atoms with Crippen LogP contribution >= 0.6 is 0 Å². The van der Waals surface area contributed by atoms with Gasteiger partial charge >= 0.3 is 0 Å². The van der Waals surface area contributed by atoms with E-state index >= 15 is 0 Å². The minimum absolute atomic E-state index is 0.00203. The average molecular weight is 347 g/mol. The molecule has 1 atom stereocenters. The lowest BCUT2D eigenvalue weighted by atomic mass is 9.83. The standard InChI is InChI=1S/C21H33NO3/c1-15-12-17(14-22-9-7-6-8-19(22)16(2)24)20(25-11-10-23)13-18(15)21(3,4)5/h12-13,19,23-24H,2,6-11,14H2,1,3-5H3/t19-/m0/s1. The molecule has 0 unspecified atom stereocenters. The maximum atomic E-state index is 9.94. The fourth-order valence-corrected chi connectivity index (χ4v) is 3.75. The maximum Gasteiger partial charge on any atom is 0.124 e. The summed E-state index contributed by atoms with van der Waals surface area (Å²) in [6.45, 7) is 14.4. The number of aryl methyl sites for hydroxylation is 1. The smallest absolute Gasteiger partial charge is 0.124 e. The summed E-state index contributed by atoms with van der Waals surface area (Å²) in [7, 11) is 0. The number of hydrogen-bond acceptors (Lipinski definition) is 4. The number of benzene rings is 1. The molecule has 0 amide bonds. The minimum atomic E-state index is -0.00203. The van der Waals surface area contributed by atoms with Crippen molar-refractivity contribution >= 4 is 0 Å². The van der Waals surface area contributed by atoms with Gasteiger partial charge in [0.2, 0.25) is 0 Å². The molecule has 1 aliphatic rings. The number of ether oxygens (including phenoxy) is 1. The van der Waals surface area contributed by atoms with Crippen LogP contribution in [0.25, 0.3) is 0 Å². The molecule has 1 fully saturated rings. The molecule has 0 radical (unpaired) electrons. The Morgan fingerprint density at radius 3 is 2.64 bits per heavy atom. The van der Waals surface area contributed by atoms with Crippen molar-refractivity contribution in [1.29, 1.82) is 0 Å². The molecule has 1 aromatic carbocycles. The molecule has 1 aromatic rings. The first-order valence-electron chi connectivity index (χ1n) is 9.23. The highest BCUT2D eigenvalue weighted by atomic mass is 16.5. The molecule has 0 aliphatic carbocycles. The van der Waals surface area contributed by atoms with Gasteiger partial charge in [0, 0.05) is 12.1 Å². The van der Waals surface area contributed by atoms with E-state index < -0.39 is 0 Å².